The molecule has 8 aliphatic heterocycles. The fourth-order valence-corrected chi connectivity index (χ4v) is 17.7. The number of likely N-dealkylation sites (N-methyl/N-ethyl adjacent to an activating group) is 5. The molecule has 0 unspecified atom stereocenters. The predicted molar refractivity (Wildman–Crippen MR) is 559 cm³/mol. The van der Waals surface area contributed by atoms with Gasteiger partial charge in [-0.1, -0.05) is 30.0 Å². The highest BCUT2D eigenvalue weighted by Gasteiger charge is 2.45. The van der Waals surface area contributed by atoms with Crippen LogP contribution in [0.2, 0.25) is 0 Å². The first kappa shape index (κ1) is 110. The number of fused-ring (bicyclic) bond motifs is 6. The predicted octanol–water partition coefficient (Wildman–Crippen LogP) is 19.9. The van der Waals surface area contributed by atoms with Crippen LogP contribution < -0.4 is 57.7 Å². The smallest absolute Gasteiger partial charge is 0.352 e. The summed E-state index contributed by atoms with van der Waals surface area (Å²) >= 11 is 6.75. The van der Waals surface area contributed by atoms with Crippen molar-refractivity contribution >= 4 is 134 Å². The minimum Gasteiger partial charge on any atom is -0.497 e. The lowest BCUT2D eigenvalue weighted by molar-refractivity contribution is -0.139. The van der Waals surface area contributed by atoms with Crippen LogP contribution in [0.1, 0.15) is 158 Å². The lowest BCUT2D eigenvalue weighted by Crippen LogP contribution is -2.56. The number of urea groups is 1. The SMILES string of the molecule is CCN(CC)c1ccc2c(c1)OC(=C(C#N)C#N)C=C2C.CCN1C(=O)C(=C2C=C(C)c3ccc(N(CC)CC)c(OC)c3O2)C(=O)N(CC)C1=O.CCN1C(=O)C(=C2C=C(C)c3ccc(N(CC)CC)cc3O2)C(=O)N(CC)C1=S.CCOC(=O)/C(C#N)=C1/C=C(C)c2ccc(N(CC)CC)cc2O1.CCOC(=O)/C(C#N)=C1/C=Cc2ccc(OC)cc2N1C.COc1ccc2c(c1)SC(=C(C#N)C#N)C=C2. The Kier molecular flexibility index (Phi) is 39.8. The second-order valence-corrected chi connectivity index (χ2v) is 33.4. The Hall–Kier alpha value is -16.3. The first-order valence-corrected chi connectivity index (χ1v) is 48.3. The molecule has 6 aromatic rings. The maximum Gasteiger partial charge on any atom is 0.352 e. The molecule has 0 atom stereocenters. The molecule has 33 heteroatoms. The summed E-state index contributed by atoms with van der Waals surface area (Å²) in [6, 6.07) is 44.2. The van der Waals surface area contributed by atoms with Crippen molar-refractivity contribution < 1.29 is 76.2 Å². The number of rotatable bonds is 23. The van der Waals surface area contributed by atoms with E-state index in [-0.39, 0.29) is 82.1 Å². The van der Waals surface area contributed by atoms with Gasteiger partial charge in [-0.15, -0.1) is 0 Å². The number of methoxy groups -OCH3 is 3. The van der Waals surface area contributed by atoms with Gasteiger partial charge in [-0.2, -0.15) is 31.6 Å². The highest BCUT2D eigenvalue weighted by atomic mass is 32.2. The third kappa shape index (κ3) is 24.6. The van der Waals surface area contributed by atoms with Gasteiger partial charge in [-0.05, 0) is 280 Å². The molecule has 8 heterocycles. The number of benzene rings is 6. The summed E-state index contributed by atoms with van der Waals surface area (Å²) in [5, 5.41) is 54.4. The molecule has 31 nitrogen and oxygen atoms in total. The van der Waals surface area contributed by atoms with Crippen molar-refractivity contribution in [1.82, 2.24) is 19.6 Å². The average Bonchev–Trinajstić information content (AvgIpc) is 0.745. The van der Waals surface area contributed by atoms with Gasteiger partial charge in [0, 0.05) is 159 Å². The van der Waals surface area contributed by atoms with Crippen molar-refractivity contribution in [3.8, 4) is 76.7 Å². The van der Waals surface area contributed by atoms with E-state index in [4.69, 9.17) is 75.9 Å². The number of allylic oxidation sites excluding steroid dienone is 12. The van der Waals surface area contributed by atoms with Gasteiger partial charge in [0.15, 0.2) is 44.8 Å². The van der Waals surface area contributed by atoms with Gasteiger partial charge in [0.1, 0.15) is 93.4 Å². The maximum absolute atomic E-state index is 13.0. The van der Waals surface area contributed by atoms with Crippen LogP contribution in [0, 0.1) is 68.0 Å². The average molecular weight is 1970 g/mol. The zero-order chi connectivity index (χ0) is 105. The fourth-order valence-electron chi connectivity index (χ4n) is 16.3. The van der Waals surface area contributed by atoms with Crippen LogP contribution in [-0.4, -0.2) is 186 Å². The van der Waals surface area contributed by atoms with Crippen LogP contribution in [0.4, 0.5) is 33.2 Å². The zero-order valence-corrected chi connectivity index (χ0v) is 86.5. The summed E-state index contributed by atoms with van der Waals surface area (Å²) in [5.74, 6) is 2.03. The number of ether oxygens (including phenoxy) is 9. The number of barbiturate groups is 1. The lowest BCUT2D eigenvalue weighted by atomic mass is 9.98. The Morgan fingerprint density at radius 1 is 0.413 bits per heavy atom. The summed E-state index contributed by atoms with van der Waals surface area (Å²) in [7, 11) is 6.57. The molecule has 143 heavy (non-hydrogen) atoms. The molecule has 0 saturated carbocycles. The summed E-state index contributed by atoms with van der Waals surface area (Å²) in [6.07, 6.45) is 14.2. The molecule has 0 N–H and O–H groups in total. The summed E-state index contributed by atoms with van der Waals surface area (Å²) < 4.78 is 49.8. The number of esters is 2. The quantitative estimate of drug-likeness (QED) is 0.0189. The van der Waals surface area contributed by atoms with Crippen LogP contribution in [0.15, 0.2) is 212 Å². The molecule has 0 radical (unpaired) electrons. The topological polar surface area (TPSA) is 374 Å². The Morgan fingerprint density at radius 2 is 0.811 bits per heavy atom. The van der Waals surface area contributed by atoms with Crippen LogP contribution in [0.3, 0.4) is 0 Å². The lowest BCUT2D eigenvalue weighted by Gasteiger charge is -2.36. The molecule has 14 rings (SSSR count). The number of nitriles is 6. The maximum atomic E-state index is 13.0. The molecular weight excluding hydrogens is 1850 g/mol. The molecule has 6 aromatic carbocycles. The third-order valence-corrected chi connectivity index (χ3v) is 25.6. The van der Waals surface area contributed by atoms with Gasteiger partial charge in [0.05, 0.1) is 51.6 Å². The number of carbonyl (C=O) groups is 7. The van der Waals surface area contributed by atoms with E-state index in [1.807, 2.05) is 175 Å². The molecule has 8 aliphatic rings. The number of nitrogens with zero attached hydrogens (tertiary/aromatic N) is 15. The van der Waals surface area contributed by atoms with Crippen molar-refractivity contribution in [3.63, 3.8) is 0 Å². The number of thioether (sulfide) groups is 1. The number of hydrogen-bond acceptors (Lipinski definition) is 29. The van der Waals surface area contributed by atoms with Crippen LogP contribution in [0.5, 0.6) is 40.2 Å². The molecule has 2 fully saturated rings. The van der Waals surface area contributed by atoms with Crippen molar-refractivity contribution in [2.24, 2.45) is 0 Å². The van der Waals surface area contributed by atoms with Crippen molar-refractivity contribution in [2.45, 2.75) is 130 Å². The molecule has 742 valence electrons. The van der Waals surface area contributed by atoms with Crippen LogP contribution in [-0.2, 0) is 38.2 Å². The molecule has 0 aromatic heterocycles. The summed E-state index contributed by atoms with van der Waals surface area (Å²) in [4.78, 5) is 106. The highest BCUT2D eigenvalue weighted by Crippen LogP contribution is 2.49. The molecule has 0 bridgehead atoms. The van der Waals surface area contributed by atoms with E-state index in [1.54, 1.807) is 97.4 Å². The van der Waals surface area contributed by atoms with Crippen LogP contribution in [0.25, 0.3) is 34.4 Å². The highest BCUT2D eigenvalue weighted by molar-refractivity contribution is 8.03. The van der Waals surface area contributed by atoms with Gasteiger partial charge in [0.25, 0.3) is 23.6 Å². The second-order valence-electron chi connectivity index (χ2n) is 31.9. The standard InChI is InChI=1S/C23H29N3O5.C22H27N3O3S.C19H22N2O3.C17H17N3O.C16H16N2O3.C13H8N2OS/c1-7-24(8-2)16-12-11-15-14(5)13-17(31-19(15)20(16)30-6)18-21(27)25(9-3)23(29)26(10-4)22(18)28;1-6-23(7-2)15-10-11-16-14(5)12-18(28-17(16)13-15)19-20(26)24(8-3)22(29)25(9-4)21(19)27;1-5-21(6-2)14-8-9-15-13(4)10-17(24-18(15)11-14)16(12-20)19(22)23-7-3;1-4-20(5-2)14-6-7-15-12(3)8-16(13(10-18)11-19)21-17(15)9-14;1-4-21-16(19)13(10-17)14-8-6-11-5-7-12(20-3)9-15(11)18(14)2;1-16-11-4-2-9-3-5-12(10(7-14)8-15)17-13(9)6-11/h11-13H,7-10H2,1-6H3;10-13H,6-9H2,1-5H3;8-11H,5-7H2,1-4H3;6-9H,4-5H2,1-3H3;5-9H,4H2,1-3H3;2-6H,1H3/b;;17-16-;;14-13-;. The van der Waals surface area contributed by atoms with Gasteiger partial charge in [0.2, 0.25) is 0 Å². The normalized spacial score (nSPS) is 14.9. The van der Waals surface area contributed by atoms with E-state index in [9.17, 15) is 44.1 Å². The van der Waals surface area contributed by atoms with E-state index >= 15 is 0 Å². The van der Waals surface area contributed by atoms with E-state index < -0.39 is 41.6 Å². The number of amides is 6. The summed E-state index contributed by atoms with van der Waals surface area (Å²) in [5.41, 5.74) is 14.8. The molecule has 2 saturated heterocycles. The van der Waals surface area contributed by atoms with Crippen molar-refractivity contribution in [2.75, 3.05) is 145 Å². The number of hydrogen-bond donors (Lipinski definition) is 0. The minimum atomic E-state index is -0.664. The van der Waals surface area contributed by atoms with Crippen LogP contribution >= 0.6 is 24.0 Å². The number of anilines is 5. The van der Waals surface area contributed by atoms with E-state index in [0.717, 1.165) is 157 Å². The first-order valence-electron chi connectivity index (χ1n) is 47.1. The Morgan fingerprint density at radius 3 is 1.24 bits per heavy atom. The van der Waals surface area contributed by atoms with E-state index in [0.29, 0.717) is 63.9 Å². The minimum absolute atomic E-state index is 0.00626. The monoisotopic (exact) mass is 1970 g/mol. The van der Waals surface area contributed by atoms with Gasteiger partial charge < -0.3 is 67.1 Å². The largest absolute Gasteiger partial charge is 0.497 e. The van der Waals surface area contributed by atoms with E-state index in [2.05, 4.69) is 93.2 Å². The van der Waals surface area contributed by atoms with Crippen molar-refractivity contribution in [1.29, 1.82) is 31.6 Å². The molecule has 0 aliphatic carbocycles. The number of carbonyl (C=O) groups excluding carboxylic acids is 7. The number of thiocarbonyl (C=S) groups is 1. The fraction of sp³-hybridized carbons (Fsp3) is 0.327. The van der Waals surface area contributed by atoms with E-state index in [1.165, 1.54) is 21.6 Å². The summed E-state index contributed by atoms with van der Waals surface area (Å²) in [6.45, 7) is 43.3. The van der Waals surface area contributed by atoms with Gasteiger partial charge in [-0.3, -0.25) is 38.8 Å². The van der Waals surface area contributed by atoms with Gasteiger partial charge >= 0.3 is 18.0 Å². The Bertz CT molecular complexity index is 6580. The Balaban J connectivity index is 0.000000193. The second kappa shape index (κ2) is 51.5. The van der Waals surface area contributed by atoms with Gasteiger partial charge in [-0.25, -0.2) is 14.4 Å². The Labute approximate surface area is 846 Å². The molecule has 0 spiro atoms. The number of imide groups is 2. The molecular formula is C110H119N15O16S2. The molecule has 6 amide bonds. The zero-order valence-electron chi connectivity index (χ0n) is 84.9. The van der Waals surface area contributed by atoms with Crippen molar-refractivity contribution in [3.05, 3.63) is 240 Å². The third-order valence-electron chi connectivity index (χ3n) is 24.0. The first-order chi connectivity index (χ1) is 68.8.